The average molecular weight is 345 g/mol. The molecule has 1 fully saturated rings. The number of nitrogens with one attached hydrogen (secondary N) is 1. The zero-order valence-electron chi connectivity index (χ0n) is 15.5. The van der Waals surface area contributed by atoms with Gasteiger partial charge in [0.1, 0.15) is 5.75 Å². The molecule has 0 spiro atoms. The van der Waals surface area contributed by atoms with E-state index in [-0.39, 0.29) is 0 Å². The Morgan fingerprint density at radius 2 is 2.20 bits per heavy atom. The number of aryl methyl sites for hydroxylation is 2. The topological polar surface area (TPSA) is 76.3 Å². The van der Waals surface area contributed by atoms with E-state index in [4.69, 9.17) is 9.26 Å². The van der Waals surface area contributed by atoms with Crippen molar-refractivity contribution in [2.75, 3.05) is 20.2 Å². The first kappa shape index (κ1) is 17.8. The lowest BCUT2D eigenvalue weighted by Gasteiger charge is -2.32. The van der Waals surface area contributed by atoms with E-state index in [1.54, 1.807) is 7.11 Å². The van der Waals surface area contributed by atoms with Crippen molar-refractivity contribution >= 4 is 0 Å². The van der Waals surface area contributed by atoms with Crippen LogP contribution in [-0.2, 0) is 13.1 Å². The minimum Gasteiger partial charge on any atom is -0.496 e. The second kappa shape index (κ2) is 7.93. The third-order valence-electron chi connectivity index (χ3n) is 4.75. The first-order valence-electron chi connectivity index (χ1n) is 8.80. The number of hydrogen-bond donors (Lipinski definition) is 1. The summed E-state index contributed by atoms with van der Waals surface area (Å²) in [4.78, 5) is 11.2. The van der Waals surface area contributed by atoms with Crippen LogP contribution in [0.15, 0.2) is 10.7 Å². The molecule has 1 aliphatic rings. The van der Waals surface area contributed by atoms with Gasteiger partial charge in [0.05, 0.1) is 19.3 Å². The van der Waals surface area contributed by atoms with Crippen LogP contribution in [0.1, 0.15) is 41.4 Å². The van der Waals surface area contributed by atoms with E-state index in [1.807, 2.05) is 20.0 Å². The lowest BCUT2D eigenvalue weighted by atomic mass is 10.0. The van der Waals surface area contributed by atoms with Crippen molar-refractivity contribution in [2.45, 2.75) is 52.7 Å². The Balaban J connectivity index is 1.56. The predicted molar refractivity (Wildman–Crippen MR) is 94.4 cm³/mol. The van der Waals surface area contributed by atoms with E-state index in [2.05, 4.69) is 32.3 Å². The molecule has 0 amide bonds. The van der Waals surface area contributed by atoms with Crippen molar-refractivity contribution in [3.05, 3.63) is 34.7 Å². The van der Waals surface area contributed by atoms with Gasteiger partial charge in [0.25, 0.3) is 0 Å². The maximum absolute atomic E-state index is 5.49. The van der Waals surface area contributed by atoms with Crippen LogP contribution in [0.2, 0.25) is 0 Å². The molecule has 1 N–H and O–H groups in total. The second-order valence-corrected chi connectivity index (χ2v) is 6.73. The molecule has 0 aliphatic carbocycles. The quantitative estimate of drug-likeness (QED) is 0.859. The van der Waals surface area contributed by atoms with Crippen molar-refractivity contribution in [3.63, 3.8) is 0 Å². The molecule has 0 bridgehead atoms. The predicted octanol–water partition coefficient (Wildman–Crippen LogP) is 2.15. The number of rotatable bonds is 6. The standard InChI is InChI=1S/C18H27N5O2/c1-12-8-20-16(13(2)18(12)24-4)9-19-15-6-5-7-23(10-15)11-17-21-14(3)25-22-17/h8,15,19H,5-7,9-11H2,1-4H3. The fourth-order valence-corrected chi connectivity index (χ4v) is 3.46. The summed E-state index contributed by atoms with van der Waals surface area (Å²) in [6, 6.07) is 0.440. The van der Waals surface area contributed by atoms with Crippen molar-refractivity contribution in [2.24, 2.45) is 0 Å². The van der Waals surface area contributed by atoms with Gasteiger partial charge >= 0.3 is 0 Å². The lowest BCUT2D eigenvalue weighted by molar-refractivity contribution is 0.177. The summed E-state index contributed by atoms with van der Waals surface area (Å²) in [5.41, 5.74) is 3.24. The molecule has 1 unspecified atom stereocenters. The highest BCUT2D eigenvalue weighted by atomic mass is 16.5. The van der Waals surface area contributed by atoms with Crippen LogP contribution in [-0.4, -0.2) is 46.3 Å². The minimum atomic E-state index is 0.440. The molecule has 3 heterocycles. The zero-order chi connectivity index (χ0) is 17.8. The van der Waals surface area contributed by atoms with Crippen LogP contribution in [0.5, 0.6) is 5.75 Å². The van der Waals surface area contributed by atoms with Crippen molar-refractivity contribution in [3.8, 4) is 5.75 Å². The molecular formula is C18H27N5O2. The van der Waals surface area contributed by atoms with Gasteiger partial charge in [0.15, 0.2) is 5.82 Å². The Bertz CT molecular complexity index is 715. The normalized spacial score (nSPS) is 18.5. The fraction of sp³-hybridized carbons (Fsp3) is 0.611. The number of likely N-dealkylation sites (tertiary alicyclic amines) is 1. The SMILES string of the molecule is COc1c(C)cnc(CNC2CCCN(Cc3noc(C)n3)C2)c1C. The van der Waals surface area contributed by atoms with Crippen LogP contribution >= 0.6 is 0 Å². The smallest absolute Gasteiger partial charge is 0.223 e. The molecule has 1 atom stereocenters. The Hall–Kier alpha value is -1.99. The van der Waals surface area contributed by atoms with Crippen LogP contribution in [0, 0.1) is 20.8 Å². The highest BCUT2D eigenvalue weighted by Gasteiger charge is 2.21. The molecular weight excluding hydrogens is 318 g/mol. The van der Waals surface area contributed by atoms with Crippen molar-refractivity contribution in [1.82, 2.24) is 25.3 Å². The van der Waals surface area contributed by atoms with E-state index in [0.29, 0.717) is 11.9 Å². The molecule has 3 rings (SSSR count). The summed E-state index contributed by atoms with van der Waals surface area (Å²) >= 11 is 0. The number of methoxy groups -OCH3 is 1. The summed E-state index contributed by atoms with van der Waals surface area (Å²) in [6.07, 6.45) is 4.22. The number of aromatic nitrogens is 3. The molecule has 1 saturated heterocycles. The number of ether oxygens (including phenoxy) is 1. The minimum absolute atomic E-state index is 0.440. The largest absolute Gasteiger partial charge is 0.496 e. The van der Waals surface area contributed by atoms with Crippen LogP contribution in [0.3, 0.4) is 0 Å². The molecule has 0 saturated carbocycles. The van der Waals surface area contributed by atoms with Gasteiger partial charge < -0.3 is 14.6 Å². The van der Waals surface area contributed by atoms with Crippen LogP contribution in [0.4, 0.5) is 0 Å². The molecule has 136 valence electrons. The molecule has 0 aromatic carbocycles. The number of pyridine rings is 1. The molecule has 25 heavy (non-hydrogen) atoms. The van der Waals surface area contributed by atoms with E-state index in [1.165, 1.54) is 6.42 Å². The first-order chi connectivity index (χ1) is 12.1. The maximum atomic E-state index is 5.49. The molecule has 2 aromatic heterocycles. The summed E-state index contributed by atoms with van der Waals surface area (Å²) in [6.45, 7) is 9.46. The highest BCUT2D eigenvalue weighted by Crippen LogP contribution is 2.24. The fourth-order valence-electron chi connectivity index (χ4n) is 3.46. The summed E-state index contributed by atoms with van der Waals surface area (Å²) in [7, 11) is 1.71. The Morgan fingerprint density at radius 3 is 2.92 bits per heavy atom. The molecule has 7 nitrogen and oxygen atoms in total. The number of hydrogen-bond acceptors (Lipinski definition) is 7. The Morgan fingerprint density at radius 1 is 1.36 bits per heavy atom. The number of nitrogens with zero attached hydrogens (tertiary/aromatic N) is 4. The average Bonchev–Trinajstić information content (AvgIpc) is 3.00. The van der Waals surface area contributed by atoms with Gasteiger partial charge in [-0.1, -0.05) is 5.16 Å². The van der Waals surface area contributed by atoms with E-state index >= 15 is 0 Å². The highest BCUT2D eigenvalue weighted by molar-refractivity contribution is 5.41. The maximum Gasteiger partial charge on any atom is 0.223 e. The lowest BCUT2D eigenvalue weighted by Crippen LogP contribution is -2.45. The van der Waals surface area contributed by atoms with Gasteiger partial charge in [-0.05, 0) is 33.2 Å². The first-order valence-corrected chi connectivity index (χ1v) is 8.80. The second-order valence-electron chi connectivity index (χ2n) is 6.73. The summed E-state index contributed by atoms with van der Waals surface area (Å²) < 4.78 is 10.6. The molecule has 7 heteroatoms. The zero-order valence-corrected chi connectivity index (χ0v) is 15.5. The third-order valence-corrected chi connectivity index (χ3v) is 4.75. The Kier molecular flexibility index (Phi) is 5.65. The van der Waals surface area contributed by atoms with E-state index < -0.39 is 0 Å². The van der Waals surface area contributed by atoms with Crippen molar-refractivity contribution < 1.29 is 9.26 Å². The van der Waals surface area contributed by atoms with E-state index in [9.17, 15) is 0 Å². The van der Waals surface area contributed by atoms with Crippen LogP contribution in [0.25, 0.3) is 0 Å². The summed E-state index contributed by atoms with van der Waals surface area (Å²) in [5.74, 6) is 2.32. The van der Waals surface area contributed by atoms with Crippen LogP contribution < -0.4 is 10.1 Å². The van der Waals surface area contributed by atoms with Gasteiger partial charge in [-0.15, -0.1) is 0 Å². The molecule has 1 aliphatic heterocycles. The monoisotopic (exact) mass is 345 g/mol. The van der Waals surface area contributed by atoms with Gasteiger partial charge in [0.2, 0.25) is 5.89 Å². The summed E-state index contributed by atoms with van der Waals surface area (Å²) in [5, 5.41) is 7.64. The molecule has 2 aromatic rings. The van der Waals surface area contributed by atoms with Gasteiger partial charge in [0, 0.05) is 43.4 Å². The molecule has 0 radical (unpaired) electrons. The number of piperidine rings is 1. The Labute approximate surface area is 148 Å². The van der Waals surface area contributed by atoms with Gasteiger partial charge in [-0.2, -0.15) is 4.98 Å². The van der Waals surface area contributed by atoms with Gasteiger partial charge in [-0.25, -0.2) is 0 Å². The van der Waals surface area contributed by atoms with Crippen molar-refractivity contribution in [1.29, 1.82) is 0 Å². The van der Waals surface area contributed by atoms with Gasteiger partial charge in [-0.3, -0.25) is 9.88 Å². The third kappa shape index (κ3) is 4.35. The van der Waals surface area contributed by atoms with E-state index in [0.717, 1.165) is 61.0 Å².